The summed E-state index contributed by atoms with van der Waals surface area (Å²) in [4.78, 5) is 30.7. The molecule has 1 aromatic heterocycles. The summed E-state index contributed by atoms with van der Waals surface area (Å²) in [6.45, 7) is 3.76. The number of rotatable bonds is 7. The highest BCUT2D eigenvalue weighted by atomic mass is 16.3. The number of carbonyl (C=O) groups is 2. The van der Waals surface area contributed by atoms with Crippen LogP contribution >= 0.6 is 0 Å². The fourth-order valence-electron chi connectivity index (χ4n) is 6.50. The third kappa shape index (κ3) is 4.86. The summed E-state index contributed by atoms with van der Waals surface area (Å²) in [5.74, 6) is 1.57. The number of nitrogens with one attached hydrogen (secondary N) is 1. The maximum atomic E-state index is 13.4. The number of furan rings is 1. The van der Waals surface area contributed by atoms with Gasteiger partial charge in [0.25, 0.3) is 5.91 Å². The van der Waals surface area contributed by atoms with Crippen LogP contribution in [0.4, 0.5) is 0 Å². The van der Waals surface area contributed by atoms with Gasteiger partial charge in [-0.15, -0.1) is 0 Å². The molecule has 3 aliphatic rings. The molecule has 0 spiro atoms. The molecule has 33 heavy (non-hydrogen) atoms. The first-order valence-corrected chi connectivity index (χ1v) is 12.6. The van der Waals surface area contributed by atoms with Crippen LogP contribution in [0.2, 0.25) is 0 Å². The van der Waals surface area contributed by atoms with Crippen LogP contribution in [0.15, 0.2) is 53.1 Å². The van der Waals surface area contributed by atoms with E-state index in [1.165, 1.54) is 38.8 Å². The molecule has 4 heterocycles. The van der Waals surface area contributed by atoms with Crippen LogP contribution in [0.1, 0.15) is 61.1 Å². The molecular weight excluding hydrogens is 414 g/mol. The second-order valence-electron chi connectivity index (χ2n) is 9.89. The van der Waals surface area contributed by atoms with Gasteiger partial charge in [-0.25, -0.2) is 0 Å². The fourth-order valence-corrected chi connectivity index (χ4v) is 6.50. The summed E-state index contributed by atoms with van der Waals surface area (Å²) in [6, 6.07) is 14.3. The third-order valence-electron chi connectivity index (χ3n) is 7.90. The molecule has 176 valence electrons. The van der Waals surface area contributed by atoms with Crippen molar-refractivity contribution in [2.24, 2.45) is 11.8 Å². The number of benzene rings is 1. The Hall–Kier alpha value is -2.60. The molecule has 0 unspecified atom stereocenters. The van der Waals surface area contributed by atoms with Gasteiger partial charge in [-0.1, -0.05) is 30.3 Å². The van der Waals surface area contributed by atoms with Crippen LogP contribution < -0.4 is 5.32 Å². The lowest BCUT2D eigenvalue weighted by molar-refractivity contribution is -0.121. The van der Waals surface area contributed by atoms with E-state index in [0.717, 1.165) is 24.9 Å². The van der Waals surface area contributed by atoms with E-state index in [2.05, 4.69) is 15.1 Å². The molecule has 5 rings (SSSR count). The Morgan fingerprint density at radius 1 is 1.03 bits per heavy atom. The molecule has 4 atom stereocenters. The van der Waals surface area contributed by atoms with Gasteiger partial charge < -0.3 is 14.6 Å². The highest BCUT2D eigenvalue weighted by Crippen LogP contribution is 2.43. The Morgan fingerprint density at radius 3 is 2.64 bits per heavy atom. The summed E-state index contributed by atoms with van der Waals surface area (Å²) in [5.41, 5.74) is 1.11. The zero-order valence-electron chi connectivity index (χ0n) is 19.3. The molecule has 0 saturated carbocycles. The molecule has 1 aromatic carbocycles. The number of amides is 2. The largest absolute Gasteiger partial charge is 0.459 e. The fraction of sp³-hybridized carbons (Fsp3) is 0.556. The first kappa shape index (κ1) is 22.2. The Labute approximate surface area is 196 Å². The maximum Gasteiger partial charge on any atom is 0.289 e. The lowest BCUT2D eigenvalue weighted by Gasteiger charge is -2.57. The molecule has 2 amide bonds. The van der Waals surface area contributed by atoms with Gasteiger partial charge in [0.05, 0.1) is 6.26 Å². The number of nitrogens with zero attached hydrogens (tertiary/aromatic N) is 2. The SMILES string of the molecule is O=C(CCC[C@@H]1[C@H]2CCCN3CCC[C@@H](CN1C(=O)c1ccco1)[C@@H]23)NCc1ccccc1. The molecule has 2 aromatic rings. The van der Waals surface area contributed by atoms with Crippen molar-refractivity contribution in [2.45, 2.75) is 63.6 Å². The van der Waals surface area contributed by atoms with Gasteiger partial charge >= 0.3 is 0 Å². The quantitative estimate of drug-likeness (QED) is 0.692. The lowest BCUT2D eigenvalue weighted by Crippen LogP contribution is -2.65. The smallest absolute Gasteiger partial charge is 0.289 e. The van der Waals surface area contributed by atoms with E-state index in [4.69, 9.17) is 4.42 Å². The molecule has 0 radical (unpaired) electrons. The lowest BCUT2D eigenvalue weighted by atomic mass is 9.69. The van der Waals surface area contributed by atoms with Crippen LogP contribution in [0.25, 0.3) is 0 Å². The monoisotopic (exact) mass is 449 g/mol. The molecule has 0 bridgehead atoms. The molecule has 3 aliphatic heterocycles. The summed E-state index contributed by atoms with van der Waals surface area (Å²) in [6.07, 6.45) is 8.53. The second-order valence-corrected chi connectivity index (χ2v) is 9.89. The number of piperidine rings is 3. The second kappa shape index (κ2) is 10.1. The number of hydrogen-bond donors (Lipinski definition) is 1. The highest BCUT2D eigenvalue weighted by Gasteiger charge is 2.49. The van der Waals surface area contributed by atoms with Crippen LogP contribution in [0.3, 0.4) is 0 Å². The minimum atomic E-state index is 0.0136. The Morgan fingerprint density at radius 2 is 1.85 bits per heavy atom. The minimum Gasteiger partial charge on any atom is -0.459 e. The molecule has 0 aliphatic carbocycles. The van der Waals surface area contributed by atoms with E-state index in [9.17, 15) is 9.59 Å². The van der Waals surface area contributed by atoms with Crippen molar-refractivity contribution >= 4 is 11.8 Å². The highest BCUT2D eigenvalue weighted by molar-refractivity contribution is 5.91. The molecule has 3 fully saturated rings. The zero-order chi connectivity index (χ0) is 22.6. The third-order valence-corrected chi connectivity index (χ3v) is 7.90. The predicted molar refractivity (Wildman–Crippen MR) is 126 cm³/mol. The average molecular weight is 450 g/mol. The van der Waals surface area contributed by atoms with Crippen molar-refractivity contribution in [1.82, 2.24) is 15.1 Å². The van der Waals surface area contributed by atoms with Crippen LogP contribution in [0.5, 0.6) is 0 Å². The normalized spacial score (nSPS) is 27.1. The van der Waals surface area contributed by atoms with E-state index in [-0.39, 0.29) is 17.9 Å². The summed E-state index contributed by atoms with van der Waals surface area (Å²) in [5, 5.41) is 3.04. The Balaban J connectivity index is 1.25. The molecular formula is C27H35N3O3. The minimum absolute atomic E-state index is 0.0136. The van der Waals surface area contributed by atoms with Gasteiger partial charge in [0.1, 0.15) is 0 Å². The van der Waals surface area contributed by atoms with Crippen molar-refractivity contribution in [2.75, 3.05) is 19.6 Å². The van der Waals surface area contributed by atoms with E-state index >= 15 is 0 Å². The van der Waals surface area contributed by atoms with Crippen molar-refractivity contribution in [3.05, 3.63) is 60.1 Å². The maximum absolute atomic E-state index is 13.4. The Kier molecular flexibility index (Phi) is 6.81. The number of likely N-dealkylation sites (tertiary alicyclic amines) is 1. The first-order valence-electron chi connectivity index (χ1n) is 12.6. The van der Waals surface area contributed by atoms with E-state index < -0.39 is 0 Å². The molecule has 6 nitrogen and oxygen atoms in total. The summed E-state index contributed by atoms with van der Waals surface area (Å²) < 4.78 is 5.49. The molecule has 3 saturated heterocycles. The first-order chi connectivity index (χ1) is 16.2. The van der Waals surface area contributed by atoms with Crippen molar-refractivity contribution in [3.8, 4) is 0 Å². The molecule has 6 heteroatoms. The van der Waals surface area contributed by atoms with E-state index in [1.54, 1.807) is 18.4 Å². The van der Waals surface area contributed by atoms with E-state index in [0.29, 0.717) is 36.6 Å². The van der Waals surface area contributed by atoms with Crippen molar-refractivity contribution in [3.63, 3.8) is 0 Å². The zero-order valence-corrected chi connectivity index (χ0v) is 19.3. The topological polar surface area (TPSA) is 65.8 Å². The van der Waals surface area contributed by atoms with Gasteiger partial charge in [0, 0.05) is 31.6 Å². The van der Waals surface area contributed by atoms with Gasteiger partial charge in [-0.05, 0) is 81.1 Å². The number of carbonyl (C=O) groups excluding carboxylic acids is 2. The van der Waals surface area contributed by atoms with Gasteiger partial charge in [-0.3, -0.25) is 14.5 Å². The van der Waals surface area contributed by atoms with Crippen LogP contribution in [0, 0.1) is 11.8 Å². The predicted octanol–water partition coefficient (Wildman–Crippen LogP) is 4.08. The van der Waals surface area contributed by atoms with Crippen LogP contribution in [-0.2, 0) is 11.3 Å². The standard InChI is InChI=1S/C27H35N3O3/c31-25(28-18-20-8-2-1-3-9-20)14-4-12-23-22-11-6-16-29-15-5-10-21(26(22)29)19-30(23)27(32)24-13-7-17-33-24/h1-3,7-9,13,17,21-23,26H,4-6,10-12,14-16,18-19H2,(H,28,31)/t21-,22+,23+,26-/m0/s1. The van der Waals surface area contributed by atoms with Crippen molar-refractivity contribution in [1.29, 1.82) is 0 Å². The van der Waals surface area contributed by atoms with E-state index in [1.807, 2.05) is 30.3 Å². The van der Waals surface area contributed by atoms with Gasteiger partial charge in [-0.2, -0.15) is 0 Å². The summed E-state index contributed by atoms with van der Waals surface area (Å²) in [7, 11) is 0. The Bertz CT molecular complexity index is 927. The van der Waals surface area contributed by atoms with Crippen molar-refractivity contribution < 1.29 is 14.0 Å². The number of hydrogen-bond acceptors (Lipinski definition) is 4. The summed E-state index contributed by atoms with van der Waals surface area (Å²) >= 11 is 0. The molecule has 1 N–H and O–H groups in total. The van der Waals surface area contributed by atoms with Gasteiger partial charge in [0.2, 0.25) is 5.91 Å². The van der Waals surface area contributed by atoms with Gasteiger partial charge in [0.15, 0.2) is 5.76 Å². The average Bonchev–Trinajstić information content (AvgIpc) is 3.39. The van der Waals surface area contributed by atoms with Crippen LogP contribution in [-0.4, -0.2) is 53.3 Å².